The monoisotopic (exact) mass is 301 g/mol. The molecule has 3 rings (SSSR count). The molecule has 0 unspecified atom stereocenters. The van der Waals surface area contributed by atoms with E-state index in [2.05, 4.69) is 5.32 Å². The van der Waals surface area contributed by atoms with Crippen molar-refractivity contribution in [2.45, 2.75) is 18.9 Å². The van der Waals surface area contributed by atoms with Crippen molar-refractivity contribution < 1.29 is 14.1 Å². The summed E-state index contributed by atoms with van der Waals surface area (Å²) in [7, 11) is 0. The molecule has 7 nitrogen and oxygen atoms in total. The number of nitro benzene ring substituents is 1. The number of likely N-dealkylation sites (tertiary alicyclic amines) is 1. The van der Waals surface area contributed by atoms with Gasteiger partial charge < -0.3 is 14.6 Å². The van der Waals surface area contributed by atoms with E-state index in [-0.39, 0.29) is 17.8 Å². The van der Waals surface area contributed by atoms with Crippen LogP contribution in [0.3, 0.4) is 0 Å². The first-order chi connectivity index (χ1) is 10.6. The van der Waals surface area contributed by atoms with Gasteiger partial charge in [0.1, 0.15) is 5.76 Å². The second-order valence-electron chi connectivity index (χ2n) is 5.10. The Morgan fingerprint density at radius 2 is 2.09 bits per heavy atom. The van der Waals surface area contributed by atoms with Gasteiger partial charge in [0.2, 0.25) is 0 Å². The van der Waals surface area contributed by atoms with E-state index in [0.29, 0.717) is 12.2 Å². The van der Waals surface area contributed by atoms with E-state index in [9.17, 15) is 14.9 Å². The van der Waals surface area contributed by atoms with Gasteiger partial charge in [-0.05, 0) is 37.1 Å². The lowest BCUT2D eigenvalue weighted by Gasteiger charge is -2.23. The maximum atomic E-state index is 12.4. The van der Waals surface area contributed by atoms with Gasteiger partial charge in [-0.3, -0.25) is 10.1 Å². The number of nitrogens with one attached hydrogen (secondary N) is 1. The van der Waals surface area contributed by atoms with Crippen LogP contribution >= 0.6 is 0 Å². The van der Waals surface area contributed by atoms with Crippen molar-refractivity contribution >= 4 is 17.4 Å². The van der Waals surface area contributed by atoms with E-state index in [4.69, 9.17) is 4.42 Å². The molecule has 1 aromatic heterocycles. The molecule has 1 fully saturated rings. The number of nitro groups is 1. The third-order valence-corrected chi connectivity index (χ3v) is 3.71. The number of hydrogen-bond donors (Lipinski definition) is 1. The number of benzene rings is 1. The van der Waals surface area contributed by atoms with E-state index >= 15 is 0 Å². The lowest BCUT2D eigenvalue weighted by atomic mass is 10.2. The van der Waals surface area contributed by atoms with E-state index in [0.717, 1.165) is 18.6 Å². The summed E-state index contributed by atoms with van der Waals surface area (Å²) in [5.41, 5.74) is 0.522. The summed E-state index contributed by atoms with van der Waals surface area (Å²) >= 11 is 0. The quantitative estimate of drug-likeness (QED) is 0.693. The third-order valence-electron chi connectivity index (χ3n) is 3.71. The topological polar surface area (TPSA) is 88.6 Å². The van der Waals surface area contributed by atoms with Crippen molar-refractivity contribution in [1.82, 2.24) is 4.90 Å². The van der Waals surface area contributed by atoms with Crippen LogP contribution in [-0.4, -0.2) is 22.4 Å². The van der Waals surface area contributed by atoms with Crippen molar-refractivity contribution in [3.8, 4) is 0 Å². The van der Waals surface area contributed by atoms with Gasteiger partial charge >= 0.3 is 6.03 Å². The fraction of sp³-hybridized carbons (Fsp3) is 0.267. The summed E-state index contributed by atoms with van der Waals surface area (Å²) in [6.45, 7) is 0.657. The third kappa shape index (κ3) is 2.78. The van der Waals surface area contributed by atoms with Crippen LogP contribution in [0.2, 0.25) is 0 Å². The first kappa shape index (κ1) is 14.1. The van der Waals surface area contributed by atoms with Crippen LogP contribution in [-0.2, 0) is 0 Å². The van der Waals surface area contributed by atoms with Crippen LogP contribution in [0.5, 0.6) is 0 Å². The molecule has 2 amide bonds. The first-order valence-corrected chi connectivity index (χ1v) is 7.00. The second kappa shape index (κ2) is 5.88. The highest BCUT2D eigenvalue weighted by Crippen LogP contribution is 2.32. The number of non-ortho nitro benzene ring substituents is 1. The Hall–Kier alpha value is -2.83. The number of carbonyl (C=O) groups is 1. The Bertz CT molecular complexity index is 667. The van der Waals surface area contributed by atoms with Gasteiger partial charge in [-0.1, -0.05) is 0 Å². The predicted molar refractivity (Wildman–Crippen MR) is 79.5 cm³/mol. The largest absolute Gasteiger partial charge is 0.467 e. The van der Waals surface area contributed by atoms with Crippen LogP contribution in [0.25, 0.3) is 0 Å². The molecule has 0 saturated carbocycles. The molecule has 2 heterocycles. The molecule has 0 radical (unpaired) electrons. The van der Waals surface area contributed by atoms with Crippen LogP contribution < -0.4 is 5.32 Å². The maximum Gasteiger partial charge on any atom is 0.322 e. The van der Waals surface area contributed by atoms with Crippen LogP contribution in [0.4, 0.5) is 16.2 Å². The van der Waals surface area contributed by atoms with Gasteiger partial charge in [0.25, 0.3) is 5.69 Å². The molecule has 1 aliphatic heterocycles. The van der Waals surface area contributed by atoms with Gasteiger partial charge in [0.15, 0.2) is 0 Å². The molecular formula is C15H15N3O4. The zero-order chi connectivity index (χ0) is 15.5. The van der Waals surface area contributed by atoms with Gasteiger partial charge in [0.05, 0.1) is 17.2 Å². The number of furan rings is 1. The van der Waals surface area contributed by atoms with Crippen LogP contribution in [0, 0.1) is 10.1 Å². The minimum atomic E-state index is -0.473. The van der Waals surface area contributed by atoms with Gasteiger partial charge in [-0.15, -0.1) is 0 Å². The standard InChI is InChI=1S/C15H15N3O4/c19-15(16-11-5-7-12(8-6-11)18(20)21)17-9-1-3-13(17)14-4-2-10-22-14/h2,4-8,10,13H,1,3,9H2,(H,16,19)/t13-/m1/s1. The van der Waals surface area contributed by atoms with Crippen LogP contribution in [0.15, 0.2) is 47.1 Å². The maximum absolute atomic E-state index is 12.4. The van der Waals surface area contributed by atoms with Crippen molar-refractivity contribution in [2.24, 2.45) is 0 Å². The number of anilines is 1. The van der Waals surface area contributed by atoms with E-state index in [1.54, 1.807) is 17.2 Å². The van der Waals surface area contributed by atoms with Crippen molar-refractivity contribution in [1.29, 1.82) is 0 Å². The molecule has 1 aromatic carbocycles. The Morgan fingerprint density at radius 1 is 1.32 bits per heavy atom. The Labute approximate surface area is 126 Å². The molecule has 0 spiro atoms. The van der Waals surface area contributed by atoms with Crippen molar-refractivity contribution in [3.05, 3.63) is 58.5 Å². The molecule has 1 N–H and O–H groups in total. The number of urea groups is 1. The van der Waals surface area contributed by atoms with Crippen molar-refractivity contribution in [3.63, 3.8) is 0 Å². The Balaban J connectivity index is 1.69. The van der Waals surface area contributed by atoms with E-state index < -0.39 is 4.92 Å². The first-order valence-electron chi connectivity index (χ1n) is 7.00. The summed E-state index contributed by atoms with van der Waals surface area (Å²) in [6.07, 6.45) is 3.38. The number of carbonyl (C=O) groups excluding carboxylic acids is 1. The SMILES string of the molecule is O=C(Nc1ccc([N+](=O)[O-])cc1)N1CCC[C@@H]1c1ccco1. The summed E-state index contributed by atoms with van der Waals surface area (Å²) < 4.78 is 5.39. The number of amides is 2. The molecular weight excluding hydrogens is 286 g/mol. The van der Waals surface area contributed by atoms with Gasteiger partial charge in [-0.25, -0.2) is 4.79 Å². The Morgan fingerprint density at radius 3 is 2.73 bits per heavy atom. The molecule has 1 aliphatic rings. The lowest BCUT2D eigenvalue weighted by molar-refractivity contribution is -0.384. The minimum absolute atomic E-state index is 0.00682. The highest BCUT2D eigenvalue weighted by Gasteiger charge is 2.31. The predicted octanol–water partition coefficient (Wildman–Crippen LogP) is 3.56. The zero-order valence-electron chi connectivity index (χ0n) is 11.8. The molecule has 7 heteroatoms. The molecule has 114 valence electrons. The fourth-order valence-electron chi connectivity index (χ4n) is 2.65. The number of hydrogen-bond acceptors (Lipinski definition) is 4. The van der Waals surface area contributed by atoms with E-state index in [1.165, 1.54) is 24.3 Å². The average molecular weight is 301 g/mol. The van der Waals surface area contributed by atoms with Crippen LogP contribution in [0.1, 0.15) is 24.6 Å². The second-order valence-corrected chi connectivity index (χ2v) is 5.10. The molecule has 2 aromatic rings. The Kier molecular flexibility index (Phi) is 3.78. The zero-order valence-corrected chi connectivity index (χ0v) is 11.8. The summed E-state index contributed by atoms with van der Waals surface area (Å²) in [5, 5.41) is 13.4. The molecule has 1 atom stereocenters. The lowest BCUT2D eigenvalue weighted by Crippen LogP contribution is -2.34. The normalized spacial score (nSPS) is 17.5. The summed E-state index contributed by atoms with van der Waals surface area (Å²) in [4.78, 5) is 24.2. The molecule has 22 heavy (non-hydrogen) atoms. The summed E-state index contributed by atoms with van der Waals surface area (Å²) in [6, 6.07) is 9.15. The molecule has 1 saturated heterocycles. The smallest absolute Gasteiger partial charge is 0.322 e. The highest BCUT2D eigenvalue weighted by atomic mass is 16.6. The summed E-state index contributed by atoms with van der Waals surface area (Å²) in [5.74, 6) is 0.774. The average Bonchev–Trinajstić information content (AvgIpc) is 3.18. The fourth-order valence-corrected chi connectivity index (χ4v) is 2.65. The van der Waals surface area contributed by atoms with Gasteiger partial charge in [-0.2, -0.15) is 0 Å². The minimum Gasteiger partial charge on any atom is -0.467 e. The van der Waals surface area contributed by atoms with E-state index in [1.807, 2.05) is 6.07 Å². The number of rotatable bonds is 3. The highest BCUT2D eigenvalue weighted by molar-refractivity contribution is 5.89. The molecule has 0 bridgehead atoms. The number of nitrogens with zero attached hydrogens (tertiary/aromatic N) is 2. The van der Waals surface area contributed by atoms with Crippen molar-refractivity contribution in [2.75, 3.05) is 11.9 Å². The molecule has 0 aliphatic carbocycles. The van der Waals surface area contributed by atoms with Gasteiger partial charge in [0, 0.05) is 24.4 Å².